The van der Waals surface area contributed by atoms with E-state index in [9.17, 15) is 16.4 Å². The summed E-state index contributed by atoms with van der Waals surface area (Å²) in [6.07, 6.45) is 0. The van der Waals surface area contributed by atoms with E-state index in [1.807, 2.05) is 237 Å². The van der Waals surface area contributed by atoms with E-state index in [4.69, 9.17) is 16.4 Å². The molecule has 3 aromatic heterocycles. The Kier molecular flexibility index (Phi) is 13.5. The van der Waals surface area contributed by atoms with Crippen LogP contribution in [0.2, 0.25) is 0 Å². The van der Waals surface area contributed by atoms with Gasteiger partial charge in [-0.25, -0.2) is 0 Å². The van der Waals surface area contributed by atoms with Crippen LogP contribution in [0.5, 0.6) is 0 Å². The van der Waals surface area contributed by atoms with Gasteiger partial charge in [0, 0.05) is 60.5 Å². The summed E-state index contributed by atoms with van der Waals surface area (Å²) in [6.45, 7) is 0. The molecule has 3 heteroatoms. The first-order valence-corrected chi connectivity index (χ1v) is 44.8. The summed E-state index contributed by atoms with van der Waals surface area (Å²) in [5.41, 5.74) is 11.6. The molecule has 3 heterocycles. The van der Waals surface area contributed by atoms with Crippen molar-refractivity contribution in [1.29, 1.82) is 0 Å². The Morgan fingerprint density at radius 3 is 0.822 bits per heavy atom. The first kappa shape index (κ1) is 54.9. The maximum Gasteiger partial charge on any atom is 0.0629 e. The van der Waals surface area contributed by atoms with Crippen LogP contribution < -0.4 is 0 Å². The topological polar surface area (TPSA) is 0 Å². The lowest BCUT2D eigenvalue weighted by Crippen LogP contribution is -1.92. The third kappa shape index (κ3) is 13.1. The van der Waals surface area contributed by atoms with Crippen molar-refractivity contribution in [3.05, 3.63) is 473 Å². The van der Waals surface area contributed by atoms with Crippen molar-refractivity contribution in [2.45, 2.75) is 0 Å². The largest absolute Gasteiger partial charge is 0.135 e. The molecule has 0 fully saturated rings. The van der Waals surface area contributed by atoms with Gasteiger partial charge in [0.2, 0.25) is 0 Å². The molecular weight excluding hydrogens is 1610 g/mol. The van der Waals surface area contributed by atoms with E-state index >= 15 is 0 Å². The second kappa shape index (κ2) is 31.7. The molecule has 600 valence electrons. The van der Waals surface area contributed by atoms with Crippen molar-refractivity contribution >= 4 is 191 Å². The van der Waals surface area contributed by atoms with E-state index in [0.717, 1.165) is 126 Å². The Morgan fingerprint density at radius 2 is 0.403 bits per heavy atom. The molecule has 27 aromatic rings. The van der Waals surface area contributed by atoms with Gasteiger partial charge in [-0.05, 0) is 240 Å². The Labute approximate surface area is 792 Å². The molecule has 0 aliphatic carbocycles. The molecule has 0 N–H and O–H groups in total. The van der Waals surface area contributed by atoms with Crippen LogP contribution >= 0.6 is 34.0 Å². The average molecular weight is 1710 g/mol. The molecular formula is C126H78S3. The number of fused-ring (bicyclic) bond motifs is 18. The minimum absolute atomic E-state index is 0.211. The lowest BCUT2D eigenvalue weighted by atomic mass is 9.84. The summed E-state index contributed by atoms with van der Waals surface area (Å²) in [7, 11) is 0. The standard InChI is InChI=1S/3C42H26S/c1-2-12-31-27(10-1)11-9-18-32(31)28-20-22-29(23-21-28)41-35-14-3-5-16-37(35)42(38-17-6-4-15-36(38)41)30-24-25-34-33-13-7-8-19-39(33)43-40(34)26-30;1-2-10-30-25-31(22-19-27(30)9-1)28-17-20-29(21-18-28)41-35-12-3-5-14-37(35)42(38-15-6-4-13-36(38)41)32-23-24-34-33-11-7-8-16-39(33)43-40(34)26-32;1-2-12-27(13-3-1)29-24-25-38(31-15-5-4-14-30(29)31)42-36-19-8-6-17-34(36)41(35-18-7-9-20-37(35)42)28-22-23-33-32-16-10-11-21-39(32)43-40(33)26-28/h3*1-26H/i3D,4D,5D,6D,14D,15D,16D,17D;3D,4D,5D,6D,12D,13D,14D,15D;6D,7D,8D,9D,17D,18D,19D,20D. The van der Waals surface area contributed by atoms with Gasteiger partial charge >= 0.3 is 0 Å². The Balaban J connectivity index is 0.000000118. The monoisotopic (exact) mass is 1710 g/mol. The molecule has 0 saturated heterocycles. The van der Waals surface area contributed by atoms with Crippen LogP contribution in [0.25, 0.3) is 258 Å². The van der Waals surface area contributed by atoms with Gasteiger partial charge in [0.25, 0.3) is 0 Å². The number of rotatable bonds is 9. The molecule has 0 aliphatic rings. The molecule has 0 radical (unpaired) electrons. The fraction of sp³-hybridized carbons (Fsp3) is 0. The molecule has 0 spiro atoms. The lowest BCUT2D eigenvalue weighted by molar-refractivity contribution is 1.63. The lowest BCUT2D eigenvalue weighted by Gasteiger charge is -2.19. The van der Waals surface area contributed by atoms with Crippen LogP contribution in [0.15, 0.2) is 473 Å². The van der Waals surface area contributed by atoms with Crippen molar-refractivity contribution in [1.82, 2.24) is 0 Å². The first-order chi connectivity index (χ1) is 74.0. The second-order valence-electron chi connectivity index (χ2n) is 32.0. The Bertz CT molecular complexity index is 10500. The third-order valence-electron chi connectivity index (χ3n) is 24.9. The predicted octanol–water partition coefficient (Wildman–Crippen LogP) is 37.5. The minimum Gasteiger partial charge on any atom is -0.135 e. The fourth-order valence-electron chi connectivity index (χ4n) is 19.1. The van der Waals surface area contributed by atoms with Crippen molar-refractivity contribution in [2.24, 2.45) is 0 Å². The molecule has 0 amide bonds. The molecule has 0 nitrogen and oxygen atoms in total. The van der Waals surface area contributed by atoms with E-state index in [1.54, 1.807) is 34.0 Å². The van der Waals surface area contributed by atoms with Gasteiger partial charge < -0.3 is 0 Å². The molecule has 0 unspecified atom stereocenters. The van der Waals surface area contributed by atoms with Crippen LogP contribution in [0.1, 0.15) is 32.9 Å². The van der Waals surface area contributed by atoms with Crippen molar-refractivity contribution in [2.75, 3.05) is 0 Å². The number of hydrogen-bond acceptors (Lipinski definition) is 3. The molecule has 27 rings (SSSR count). The summed E-state index contributed by atoms with van der Waals surface area (Å²) in [5, 5.41) is 15.1. The maximum atomic E-state index is 9.38. The fourth-order valence-corrected chi connectivity index (χ4v) is 22.5. The van der Waals surface area contributed by atoms with Crippen LogP contribution in [0.4, 0.5) is 0 Å². The first-order valence-electron chi connectivity index (χ1n) is 54.3. The average Bonchev–Trinajstić information content (AvgIpc) is 1.40. The van der Waals surface area contributed by atoms with Crippen LogP contribution in [-0.4, -0.2) is 0 Å². The number of benzene rings is 24. The highest BCUT2D eigenvalue weighted by atomic mass is 32.1. The van der Waals surface area contributed by atoms with Gasteiger partial charge in [-0.15, -0.1) is 34.0 Å². The zero-order chi connectivity index (χ0) is 106. The van der Waals surface area contributed by atoms with Gasteiger partial charge in [-0.2, -0.15) is 0 Å². The predicted molar refractivity (Wildman–Crippen MR) is 564 cm³/mol. The Hall–Kier alpha value is -15.7. The molecule has 129 heavy (non-hydrogen) atoms. The normalized spacial score (nSPS) is 14.3. The highest BCUT2D eigenvalue weighted by molar-refractivity contribution is 7.26. The summed E-state index contributed by atoms with van der Waals surface area (Å²) in [4.78, 5) is 0. The summed E-state index contributed by atoms with van der Waals surface area (Å²) in [5.74, 6) is 0. The van der Waals surface area contributed by atoms with Crippen LogP contribution in [0.3, 0.4) is 0 Å². The second-order valence-corrected chi connectivity index (χ2v) is 35.2. The van der Waals surface area contributed by atoms with Crippen LogP contribution in [0, 0.1) is 0 Å². The van der Waals surface area contributed by atoms with E-state index in [1.165, 1.54) is 0 Å². The van der Waals surface area contributed by atoms with Gasteiger partial charge in [0.15, 0.2) is 0 Å². The van der Waals surface area contributed by atoms with Crippen molar-refractivity contribution in [3.63, 3.8) is 0 Å². The SMILES string of the molecule is [2H]c1c([2H])c([2H])c2c(-c3ccc(-c4ccccc4)c4ccccc34)c3c([2H])c([2H])c([2H])c([2H])c3c(-c3ccc4c(c3)sc3ccccc34)c2c1[2H].[2H]c1c([2H])c([2H])c2c(-c3ccc4c(c3)sc3ccccc34)c3c([2H])c([2H])c([2H])c([2H])c3c(-c3ccc(-c4ccc5ccccc5c4)cc3)c2c1[2H].[2H]c1c([2H])c([2H])c2c(-c3ccc4c(c3)sc3ccccc34)c3c([2H])c([2H])c([2H])c([2H])c3c(-c3ccc(-c4cccc5ccccc45)cc3)c2c1[2H]. The summed E-state index contributed by atoms with van der Waals surface area (Å²) in [6, 6.07) is 99.2. The Morgan fingerprint density at radius 1 is 0.132 bits per heavy atom. The van der Waals surface area contributed by atoms with Gasteiger partial charge in [0.05, 0.1) is 32.9 Å². The zero-order valence-electron chi connectivity index (χ0n) is 92.4. The van der Waals surface area contributed by atoms with Gasteiger partial charge in [0.1, 0.15) is 0 Å². The maximum absolute atomic E-state index is 9.38. The van der Waals surface area contributed by atoms with E-state index in [0.29, 0.717) is 66.8 Å². The molecule has 0 saturated carbocycles. The third-order valence-corrected chi connectivity index (χ3v) is 28.3. The van der Waals surface area contributed by atoms with Gasteiger partial charge in [-0.1, -0.05) is 430 Å². The van der Waals surface area contributed by atoms with Crippen molar-refractivity contribution < 1.29 is 32.9 Å². The highest BCUT2D eigenvalue weighted by Gasteiger charge is 2.24. The van der Waals surface area contributed by atoms with E-state index < -0.39 is 72.5 Å². The molecule has 0 bridgehead atoms. The zero-order valence-corrected chi connectivity index (χ0v) is 70.9. The van der Waals surface area contributed by atoms with E-state index in [2.05, 4.69) is 91.0 Å². The highest BCUT2D eigenvalue weighted by Crippen LogP contribution is 2.52. The van der Waals surface area contributed by atoms with Crippen LogP contribution in [-0.2, 0) is 0 Å². The quantitative estimate of drug-likeness (QED) is 0.126. The smallest absolute Gasteiger partial charge is 0.0629 e. The van der Waals surface area contributed by atoms with Gasteiger partial charge in [-0.3, -0.25) is 0 Å². The van der Waals surface area contributed by atoms with E-state index in [-0.39, 0.29) is 137 Å². The minimum atomic E-state index is -0.412. The molecule has 0 atom stereocenters. The number of thiophene rings is 3. The molecule has 0 aliphatic heterocycles. The van der Waals surface area contributed by atoms with Crippen molar-refractivity contribution in [3.8, 4) is 100 Å². The summed E-state index contributed by atoms with van der Waals surface area (Å²) < 4.78 is 223. The number of hydrogen-bond donors (Lipinski definition) is 0. The molecule has 24 aromatic carbocycles. The summed E-state index contributed by atoms with van der Waals surface area (Å²) >= 11 is 4.82.